The van der Waals surface area contributed by atoms with Gasteiger partial charge in [-0.15, -0.1) is 0 Å². The van der Waals surface area contributed by atoms with Crippen LogP contribution in [-0.2, 0) is 0 Å². The maximum absolute atomic E-state index is 13.0. The Morgan fingerprint density at radius 3 is 2.27 bits per heavy atom. The summed E-state index contributed by atoms with van der Waals surface area (Å²) in [4.78, 5) is 29.4. The van der Waals surface area contributed by atoms with Gasteiger partial charge in [-0.25, -0.2) is 0 Å². The van der Waals surface area contributed by atoms with Crippen molar-refractivity contribution in [2.45, 2.75) is 0 Å². The Morgan fingerprint density at radius 1 is 0.900 bits per heavy atom. The summed E-state index contributed by atoms with van der Waals surface area (Å²) in [6.45, 7) is 1.01. The molecule has 1 aliphatic rings. The van der Waals surface area contributed by atoms with Crippen LogP contribution in [0.4, 0.5) is 0 Å². The lowest BCUT2D eigenvalue weighted by molar-refractivity contribution is 0.0601. The van der Waals surface area contributed by atoms with Gasteiger partial charge in [0.2, 0.25) is 0 Å². The van der Waals surface area contributed by atoms with Gasteiger partial charge < -0.3 is 9.64 Å². The molecule has 0 atom stereocenters. The molecule has 0 aromatic heterocycles. The molecule has 5 heteroatoms. The first-order chi connectivity index (χ1) is 14.5. The number of amides is 2. The Balaban J connectivity index is 1.73. The maximum Gasteiger partial charge on any atom is 0.261 e. The Bertz CT molecular complexity index is 1120. The molecule has 0 aliphatic carbocycles. The van der Waals surface area contributed by atoms with E-state index in [4.69, 9.17) is 4.74 Å². The lowest BCUT2D eigenvalue weighted by Crippen LogP contribution is -2.43. The van der Waals surface area contributed by atoms with E-state index in [-0.39, 0.29) is 11.8 Å². The largest absolute Gasteiger partial charge is 0.497 e. The smallest absolute Gasteiger partial charge is 0.261 e. The molecule has 0 unspecified atom stereocenters. The molecule has 0 bridgehead atoms. The molecule has 3 aromatic rings. The average Bonchev–Trinajstić information content (AvgIpc) is 2.76. The maximum atomic E-state index is 13.0. The van der Waals surface area contributed by atoms with Gasteiger partial charge >= 0.3 is 0 Å². The van der Waals surface area contributed by atoms with Crippen molar-refractivity contribution in [3.8, 4) is 5.75 Å². The predicted molar refractivity (Wildman–Crippen MR) is 120 cm³/mol. The number of likely N-dealkylation sites (N-methyl/N-ethyl adjacent to an activating group) is 1. The number of nitrogens with zero attached hydrogens (tertiary/aromatic N) is 2. The van der Waals surface area contributed by atoms with Gasteiger partial charge in [-0.1, -0.05) is 42.5 Å². The second-order valence-electron chi connectivity index (χ2n) is 7.60. The van der Waals surface area contributed by atoms with Crippen LogP contribution in [0.15, 0.2) is 54.6 Å². The highest BCUT2D eigenvalue weighted by atomic mass is 16.5. The Kier molecular flexibility index (Phi) is 5.38. The molecule has 0 fully saturated rings. The van der Waals surface area contributed by atoms with Crippen LogP contribution in [-0.4, -0.2) is 55.9 Å². The predicted octanol–water partition coefficient (Wildman–Crippen LogP) is 4.18. The summed E-state index contributed by atoms with van der Waals surface area (Å²) in [5.74, 6) is 0.358. The minimum Gasteiger partial charge on any atom is -0.497 e. The number of imide groups is 1. The van der Waals surface area contributed by atoms with Crippen molar-refractivity contribution >= 4 is 34.7 Å². The molecule has 152 valence electrons. The van der Waals surface area contributed by atoms with E-state index in [0.717, 1.165) is 27.6 Å². The molecule has 0 spiro atoms. The highest BCUT2D eigenvalue weighted by Gasteiger charge is 2.32. The van der Waals surface area contributed by atoms with Gasteiger partial charge in [0.05, 0.1) is 7.11 Å². The summed E-state index contributed by atoms with van der Waals surface area (Å²) in [5.41, 5.74) is 3.17. The van der Waals surface area contributed by atoms with Gasteiger partial charge in [-0.3, -0.25) is 14.5 Å². The second kappa shape index (κ2) is 8.13. The Hall–Kier alpha value is -3.44. The molecule has 1 heterocycles. The molecule has 0 radical (unpaired) electrons. The summed E-state index contributed by atoms with van der Waals surface area (Å²) in [5, 5.41) is 1.65. The third-order valence-electron chi connectivity index (χ3n) is 5.37. The number of ether oxygens (including phenoxy) is 1. The number of rotatable bonds is 6. The van der Waals surface area contributed by atoms with Crippen LogP contribution in [0.2, 0.25) is 0 Å². The number of hydrogen-bond acceptors (Lipinski definition) is 4. The number of benzene rings is 3. The van der Waals surface area contributed by atoms with E-state index in [1.165, 1.54) is 4.90 Å². The first kappa shape index (κ1) is 19.9. The van der Waals surface area contributed by atoms with Crippen molar-refractivity contribution in [3.05, 3.63) is 76.9 Å². The van der Waals surface area contributed by atoms with E-state index in [0.29, 0.717) is 24.2 Å². The zero-order valence-corrected chi connectivity index (χ0v) is 17.4. The summed E-state index contributed by atoms with van der Waals surface area (Å²) >= 11 is 0. The lowest BCUT2D eigenvalue weighted by Gasteiger charge is -2.28. The van der Waals surface area contributed by atoms with Crippen LogP contribution in [0.1, 0.15) is 31.8 Å². The highest BCUT2D eigenvalue weighted by Crippen LogP contribution is 2.33. The fourth-order valence-electron chi connectivity index (χ4n) is 3.72. The third kappa shape index (κ3) is 3.60. The number of methoxy groups -OCH3 is 1. The van der Waals surface area contributed by atoms with E-state index < -0.39 is 0 Å². The van der Waals surface area contributed by atoms with Gasteiger partial charge in [-0.2, -0.15) is 0 Å². The van der Waals surface area contributed by atoms with Gasteiger partial charge in [-0.05, 0) is 54.9 Å². The van der Waals surface area contributed by atoms with Crippen molar-refractivity contribution in [2.75, 3.05) is 34.3 Å². The van der Waals surface area contributed by atoms with Crippen molar-refractivity contribution in [1.29, 1.82) is 0 Å². The molecule has 4 rings (SSSR count). The number of hydrogen-bond donors (Lipinski definition) is 0. The molecular formula is C25H24N2O3. The van der Waals surface area contributed by atoms with Crippen LogP contribution in [0.5, 0.6) is 5.75 Å². The minimum atomic E-state index is -0.226. The molecule has 2 amide bonds. The lowest BCUT2D eigenvalue weighted by atomic mass is 9.91. The summed E-state index contributed by atoms with van der Waals surface area (Å²) in [7, 11) is 5.49. The van der Waals surface area contributed by atoms with Crippen LogP contribution in [0.25, 0.3) is 22.9 Å². The van der Waals surface area contributed by atoms with Gasteiger partial charge in [0.25, 0.3) is 11.8 Å². The SMILES string of the molecule is COc1ccc(/C=C/c2ccc3c4c(cccc24)C(=O)N(CCN(C)C)C3=O)cc1. The molecule has 0 N–H and O–H groups in total. The zero-order chi connectivity index (χ0) is 21.3. The summed E-state index contributed by atoms with van der Waals surface area (Å²) < 4.78 is 5.20. The van der Waals surface area contributed by atoms with E-state index in [1.54, 1.807) is 13.2 Å². The topological polar surface area (TPSA) is 49.9 Å². The van der Waals surface area contributed by atoms with Crippen molar-refractivity contribution < 1.29 is 14.3 Å². The number of carbonyl (C=O) groups excluding carboxylic acids is 2. The third-order valence-corrected chi connectivity index (χ3v) is 5.37. The van der Waals surface area contributed by atoms with Crippen LogP contribution < -0.4 is 4.74 Å². The summed E-state index contributed by atoms with van der Waals surface area (Å²) in [6.07, 6.45) is 4.03. The fraction of sp³-hybridized carbons (Fsp3) is 0.200. The van der Waals surface area contributed by atoms with Crippen molar-refractivity contribution in [2.24, 2.45) is 0 Å². The fourth-order valence-corrected chi connectivity index (χ4v) is 3.72. The highest BCUT2D eigenvalue weighted by molar-refractivity contribution is 6.26. The van der Waals surface area contributed by atoms with Crippen LogP contribution >= 0.6 is 0 Å². The molecular weight excluding hydrogens is 376 g/mol. The van der Waals surface area contributed by atoms with Crippen molar-refractivity contribution in [1.82, 2.24) is 9.80 Å². The monoisotopic (exact) mass is 400 g/mol. The summed E-state index contributed by atoms with van der Waals surface area (Å²) in [6, 6.07) is 17.2. The molecule has 0 saturated carbocycles. The Labute approximate surface area is 176 Å². The number of carbonyl (C=O) groups is 2. The van der Waals surface area contributed by atoms with E-state index in [2.05, 4.69) is 0 Å². The normalized spacial score (nSPS) is 13.7. The average molecular weight is 400 g/mol. The van der Waals surface area contributed by atoms with Crippen molar-refractivity contribution in [3.63, 3.8) is 0 Å². The van der Waals surface area contributed by atoms with Gasteiger partial charge in [0, 0.05) is 29.6 Å². The first-order valence-electron chi connectivity index (χ1n) is 9.88. The van der Waals surface area contributed by atoms with E-state index >= 15 is 0 Å². The Morgan fingerprint density at radius 2 is 1.60 bits per heavy atom. The first-order valence-corrected chi connectivity index (χ1v) is 9.88. The van der Waals surface area contributed by atoms with Gasteiger partial charge in [0.1, 0.15) is 5.75 Å². The molecule has 30 heavy (non-hydrogen) atoms. The molecule has 3 aromatic carbocycles. The van der Waals surface area contributed by atoms with Crippen LogP contribution in [0, 0.1) is 0 Å². The molecule has 0 saturated heterocycles. The second-order valence-corrected chi connectivity index (χ2v) is 7.60. The quantitative estimate of drug-likeness (QED) is 0.460. The van der Waals surface area contributed by atoms with Gasteiger partial charge in [0.15, 0.2) is 0 Å². The van der Waals surface area contributed by atoms with E-state index in [1.807, 2.05) is 79.7 Å². The zero-order valence-electron chi connectivity index (χ0n) is 17.4. The molecule has 5 nitrogen and oxygen atoms in total. The van der Waals surface area contributed by atoms with E-state index in [9.17, 15) is 9.59 Å². The molecule has 1 aliphatic heterocycles. The minimum absolute atomic E-state index is 0.226. The standard InChI is InChI=1S/C25H24N2O3/c1-26(2)15-16-27-24(28)21-6-4-5-20-18(11-14-22(23(20)21)25(27)29)10-7-17-8-12-19(30-3)13-9-17/h4-14H,15-16H2,1-3H3/b10-7+. The van der Waals surface area contributed by atoms with Crippen LogP contribution in [0.3, 0.4) is 0 Å².